The minimum atomic E-state index is -0.671. The molecule has 146 valence electrons. The van der Waals surface area contributed by atoms with Gasteiger partial charge in [-0.25, -0.2) is 0 Å². The minimum absolute atomic E-state index is 0. The molecule has 0 aliphatic carbocycles. The van der Waals surface area contributed by atoms with Gasteiger partial charge in [0.2, 0.25) is 0 Å². The molecule has 0 unspecified atom stereocenters. The Labute approximate surface area is 165 Å². The Kier molecular flexibility index (Phi) is 7.46. The summed E-state index contributed by atoms with van der Waals surface area (Å²) in [6, 6.07) is 3.96. The van der Waals surface area contributed by atoms with E-state index < -0.39 is 5.60 Å². The predicted octanol–water partition coefficient (Wildman–Crippen LogP) is 1.97. The molecule has 0 spiro atoms. The van der Waals surface area contributed by atoms with E-state index in [1.807, 2.05) is 24.0 Å². The monoisotopic (exact) mass is 401 g/mol. The van der Waals surface area contributed by atoms with Crippen LogP contribution < -0.4 is 10.6 Å². The molecule has 2 N–H and O–H groups in total. The van der Waals surface area contributed by atoms with E-state index in [0.29, 0.717) is 13.1 Å². The van der Waals surface area contributed by atoms with Crippen LogP contribution in [0.15, 0.2) is 12.1 Å². The molecule has 3 rings (SSSR count). The average Bonchev–Trinajstić information content (AvgIpc) is 3.09. The third-order valence-electron chi connectivity index (χ3n) is 5.27. The van der Waals surface area contributed by atoms with E-state index in [-0.39, 0.29) is 30.3 Å². The standard InChI is InChI=1S/C18H27N3O3S.ClH/c1-13-3-4-15(25-13)16(22)20-14-5-11-21(12-6-14)17(23)18(24-2)7-9-19-10-8-18;/h3-4,14,19H,5-12H2,1-2H3,(H,20,22);1H. The molecule has 0 saturated carbocycles. The molecule has 2 fully saturated rings. The van der Waals surface area contributed by atoms with Gasteiger partial charge in [-0.3, -0.25) is 9.59 Å². The Balaban J connectivity index is 0.00000243. The zero-order valence-corrected chi connectivity index (χ0v) is 17.0. The van der Waals surface area contributed by atoms with Crippen LogP contribution in [0.4, 0.5) is 0 Å². The highest BCUT2D eigenvalue weighted by Crippen LogP contribution is 2.27. The summed E-state index contributed by atoms with van der Waals surface area (Å²) in [4.78, 5) is 29.0. The van der Waals surface area contributed by atoms with Crippen LogP contribution in [-0.4, -0.2) is 61.6 Å². The first-order chi connectivity index (χ1) is 12.0. The Morgan fingerprint density at radius 1 is 1.27 bits per heavy atom. The lowest BCUT2D eigenvalue weighted by atomic mass is 9.89. The number of carbonyl (C=O) groups excluding carboxylic acids is 2. The van der Waals surface area contributed by atoms with Crippen LogP contribution in [0.2, 0.25) is 0 Å². The maximum absolute atomic E-state index is 12.9. The van der Waals surface area contributed by atoms with Gasteiger partial charge in [0, 0.05) is 31.1 Å². The van der Waals surface area contributed by atoms with Crippen LogP contribution in [0.1, 0.15) is 40.2 Å². The number of thiophene rings is 1. The van der Waals surface area contributed by atoms with Gasteiger partial charge in [0.25, 0.3) is 11.8 Å². The highest BCUT2D eigenvalue weighted by molar-refractivity contribution is 7.13. The Bertz CT molecular complexity index is 623. The van der Waals surface area contributed by atoms with E-state index in [1.54, 1.807) is 7.11 Å². The van der Waals surface area contributed by atoms with Gasteiger partial charge in [-0.05, 0) is 57.8 Å². The van der Waals surface area contributed by atoms with Crippen molar-refractivity contribution in [1.82, 2.24) is 15.5 Å². The van der Waals surface area contributed by atoms with Crippen molar-refractivity contribution in [3.63, 3.8) is 0 Å². The maximum Gasteiger partial charge on any atom is 0.261 e. The minimum Gasteiger partial charge on any atom is -0.368 e. The Hall–Kier alpha value is -1.15. The predicted molar refractivity (Wildman–Crippen MR) is 105 cm³/mol. The number of rotatable bonds is 4. The highest BCUT2D eigenvalue weighted by Gasteiger charge is 2.43. The summed E-state index contributed by atoms with van der Waals surface area (Å²) in [5, 5.41) is 6.38. The van der Waals surface area contributed by atoms with Gasteiger partial charge in [-0.1, -0.05) is 0 Å². The van der Waals surface area contributed by atoms with Gasteiger partial charge in [-0.15, -0.1) is 23.7 Å². The summed E-state index contributed by atoms with van der Waals surface area (Å²) in [5.41, 5.74) is -0.671. The fourth-order valence-electron chi connectivity index (χ4n) is 3.66. The van der Waals surface area contributed by atoms with Crippen LogP contribution in [0.3, 0.4) is 0 Å². The summed E-state index contributed by atoms with van der Waals surface area (Å²) in [5.74, 6) is 0.102. The van der Waals surface area contributed by atoms with Crippen molar-refractivity contribution in [1.29, 1.82) is 0 Å². The van der Waals surface area contributed by atoms with E-state index in [9.17, 15) is 9.59 Å². The van der Waals surface area contributed by atoms with Gasteiger partial charge < -0.3 is 20.3 Å². The number of nitrogens with one attached hydrogen (secondary N) is 2. The molecule has 2 aliphatic rings. The molecular formula is C18H28ClN3O3S. The van der Waals surface area contributed by atoms with Gasteiger partial charge in [-0.2, -0.15) is 0 Å². The van der Waals surface area contributed by atoms with E-state index >= 15 is 0 Å². The topological polar surface area (TPSA) is 70.7 Å². The second-order valence-corrected chi connectivity index (χ2v) is 8.19. The van der Waals surface area contributed by atoms with Crippen molar-refractivity contribution >= 4 is 35.6 Å². The number of aryl methyl sites for hydroxylation is 1. The summed E-state index contributed by atoms with van der Waals surface area (Å²) in [6.45, 7) is 4.97. The number of amides is 2. The maximum atomic E-state index is 12.9. The van der Waals surface area contributed by atoms with Crippen molar-refractivity contribution in [3.05, 3.63) is 21.9 Å². The zero-order chi connectivity index (χ0) is 17.9. The van der Waals surface area contributed by atoms with Gasteiger partial charge in [0.15, 0.2) is 0 Å². The number of halogens is 1. The first kappa shape index (κ1) is 21.2. The van der Waals surface area contributed by atoms with Crippen molar-refractivity contribution in [2.75, 3.05) is 33.3 Å². The second kappa shape index (κ2) is 9.17. The third-order valence-corrected chi connectivity index (χ3v) is 6.27. The second-order valence-electron chi connectivity index (χ2n) is 6.90. The number of likely N-dealkylation sites (tertiary alicyclic amines) is 1. The fourth-order valence-corrected chi connectivity index (χ4v) is 4.43. The van der Waals surface area contributed by atoms with Crippen molar-refractivity contribution in [2.45, 2.75) is 44.2 Å². The fraction of sp³-hybridized carbons (Fsp3) is 0.667. The molecule has 2 amide bonds. The quantitative estimate of drug-likeness (QED) is 0.809. The first-order valence-corrected chi connectivity index (χ1v) is 9.78. The van der Waals surface area contributed by atoms with Crippen molar-refractivity contribution in [3.8, 4) is 0 Å². The Morgan fingerprint density at radius 3 is 2.46 bits per heavy atom. The van der Waals surface area contributed by atoms with E-state index in [1.165, 1.54) is 11.3 Å². The van der Waals surface area contributed by atoms with Crippen LogP contribution in [0.5, 0.6) is 0 Å². The molecule has 8 heteroatoms. The van der Waals surface area contributed by atoms with Crippen LogP contribution in [0.25, 0.3) is 0 Å². The highest BCUT2D eigenvalue weighted by atomic mass is 35.5. The number of piperidine rings is 2. The lowest BCUT2D eigenvalue weighted by Crippen LogP contribution is -2.57. The number of ether oxygens (including phenoxy) is 1. The molecule has 1 aromatic rings. The number of hydrogen-bond donors (Lipinski definition) is 2. The van der Waals surface area contributed by atoms with E-state index in [2.05, 4.69) is 10.6 Å². The first-order valence-electron chi connectivity index (χ1n) is 8.97. The Morgan fingerprint density at radius 2 is 1.92 bits per heavy atom. The summed E-state index contributed by atoms with van der Waals surface area (Å²) in [7, 11) is 1.64. The largest absolute Gasteiger partial charge is 0.368 e. The number of hydrogen-bond acceptors (Lipinski definition) is 5. The molecule has 0 radical (unpaired) electrons. The van der Waals surface area contributed by atoms with Crippen LogP contribution in [-0.2, 0) is 9.53 Å². The molecule has 2 saturated heterocycles. The molecule has 1 aromatic heterocycles. The summed E-state index contributed by atoms with van der Waals surface area (Å²) >= 11 is 1.51. The summed E-state index contributed by atoms with van der Waals surface area (Å²) in [6.07, 6.45) is 3.02. The van der Waals surface area contributed by atoms with Crippen LogP contribution >= 0.6 is 23.7 Å². The molecular weight excluding hydrogens is 374 g/mol. The molecule has 0 bridgehead atoms. The molecule has 6 nitrogen and oxygen atoms in total. The number of methoxy groups -OCH3 is 1. The van der Waals surface area contributed by atoms with Gasteiger partial charge in [0.1, 0.15) is 5.60 Å². The zero-order valence-electron chi connectivity index (χ0n) is 15.4. The third kappa shape index (κ3) is 4.57. The van der Waals surface area contributed by atoms with Gasteiger partial charge >= 0.3 is 0 Å². The van der Waals surface area contributed by atoms with Crippen molar-refractivity contribution in [2.24, 2.45) is 0 Å². The van der Waals surface area contributed by atoms with E-state index in [0.717, 1.165) is 48.5 Å². The SMILES string of the molecule is COC1(C(=O)N2CCC(NC(=O)c3ccc(C)s3)CC2)CCNCC1.Cl. The molecule has 0 aromatic carbocycles. The smallest absolute Gasteiger partial charge is 0.261 e. The molecule has 26 heavy (non-hydrogen) atoms. The number of carbonyl (C=O) groups is 2. The van der Waals surface area contributed by atoms with E-state index in [4.69, 9.17) is 4.74 Å². The molecule has 0 atom stereocenters. The van der Waals surface area contributed by atoms with Gasteiger partial charge in [0.05, 0.1) is 4.88 Å². The summed E-state index contributed by atoms with van der Waals surface area (Å²) < 4.78 is 5.65. The number of nitrogens with zero attached hydrogens (tertiary/aromatic N) is 1. The lowest BCUT2D eigenvalue weighted by molar-refractivity contribution is -0.159. The average molecular weight is 402 g/mol. The van der Waals surface area contributed by atoms with Crippen LogP contribution in [0, 0.1) is 6.92 Å². The normalized spacial score (nSPS) is 20.3. The molecule has 2 aliphatic heterocycles. The molecule has 3 heterocycles. The van der Waals surface area contributed by atoms with Crippen molar-refractivity contribution < 1.29 is 14.3 Å². The lowest BCUT2D eigenvalue weighted by Gasteiger charge is -2.41.